The lowest BCUT2D eigenvalue weighted by Crippen LogP contribution is -2.51. The summed E-state index contributed by atoms with van der Waals surface area (Å²) in [5.74, 6) is 0.687. The first-order valence-corrected chi connectivity index (χ1v) is 11.2. The third-order valence-electron chi connectivity index (χ3n) is 4.88. The Labute approximate surface area is 171 Å². The highest BCUT2D eigenvalue weighted by Crippen LogP contribution is 2.35. The number of fused-ring (bicyclic) bond motifs is 1. The summed E-state index contributed by atoms with van der Waals surface area (Å²) in [6.07, 6.45) is -0.923. The van der Waals surface area contributed by atoms with Crippen molar-refractivity contribution in [3.05, 3.63) is 53.6 Å². The van der Waals surface area contributed by atoms with Gasteiger partial charge < -0.3 is 14.8 Å². The minimum atomic E-state index is -3.52. The van der Waals surface area contributed by atoms with E-state index in [2.05, 4.69) is 5.32 Å². The Morgan fingerprint density at radius 1 is 1.21 bits per heavy atom. The summed E-state index contributed by atoms with van der Waals surface area (Å²) >= 11 is 0. The number of carbonyl (C=O) groups is 1. The second-order valence-electron chi connectivity index (χ2n) is 6.89. The van der Waals surface area contributed by atoms with Crippen molar-refractivity contribution in [3.8, 4) is 11.5 Å². The second-order valence-corrected chi connectivity index (χ2v) is 9.07. The van der Waals surface area contributed by atoms with Crippen LogP contribution in [0.25, 0.3) is 0 Å². The maximum absolute atomic E-state index is 12.6. The monoisotopic (exact) mass is 418 g/mol. The fourth-order valence-electron chi connectivity index (χ4n) is 3.02. The lowest BCUT2D eigenvalue weighted by molar-refractivity contribution is -0.127. The van der Waals surface area contributed by atoms with Crippen LogP contribution >= 0.6 is 0 Å². The molecule has 1 N–H and O–H groups in total. The maximum Gasteiger partial charge on any atom is 0.263 e. The highest BCUT2D eigenvalue weighted by atomic mass is 32.2. The summed E-state index contributed by atoms with van der Waals surface area (Å²) in [5, 5.41) is 2.76. The number of amides is 1. The van der Waals surface area contributed by atoms with Gasteiger partial charge in [0.15, 0.2) is 6.10 Å². The Bertz CT molecular complexity index is 990. The predicted octanol–water partition coefficient (Wildman–Crippen LogP) is 2.42. The molecule has 0 bridgehead atoms. The Kier molecular flexibility index (Phi) is 6.32. The molecule has 1 heterocycles. The van der Waals surface area contributed by atoms with Crippen LogP contribution in [-0.4, -0.2) is 45.9 Å². The number of nitrogens with zero attached hydrogens (tertiary/aromatic N) is 1. The number of hydrogen-bond acceptors (Lipinski definition) is 5. The van der Waals surface area contributed by atoms with Gasteiger partial charge in [-0.2, -0.15) is 0 Å². The van der Waals surface area contributed by atoms with Crippen molar-refractivity contribution >= 4 is 21.6 Å². The zero-order chi connectivity index (χ0) is 21.0. The van der Waals surface area contributed by atoms with Gasteiger partial charge in [-0.05, 0) is 56.2 Å². The van der Waals surface area contributed by atoms with Crippen LogP contribution in [0.1, 0.15) is 18.1 Å². The van der Waals surface area contributed by atoms with Gasteiger partial charge in [0.05, 0.1) is 24.5 Å². The van der Waals surface area contributed by atoms with E-state index in [1.165, 1.54) is 9.87 Å². The van der Waals surface area contributed by atoms with Gasteiger partial charge in [-0.15, -0.1) is 0 Å². The molecule has 0 saturated heterocycles. The smallest absolute Gasteiger partial charge is 0.263 e. The van der Waals surface area contributed by atoms with Crippen LogP contribution in [0.2, 0.25) is 0 Å². The minimum Gasteiger partial charge on any atom is -0.492 e. The van der Waals surface area contributed by atoms with E-state index >= 15 is 0 Å². The molecule has 1 aliphatic heterocycles. The van der Waals surface area contributed by atoms with Crippen molar-refractivity contribution in [2.75, 3.05) is 29.8 Å². The molecule has 156 valence electrons. The van der Waals surface area contributed by atoms with Crippen molar-refractivity contribution in [1.29, 1.82) is 0 Å². The van der Waals surface area contributed by atoms with E-state index in [9.17, 15) is 13.2 Å². The normalized spacial score (nSPS) is 16.0. The molecule has 8 heteroatoms. The van der Waals surface area contributed by atoms with Crippen LogP contribution < -0.4 is 19.1 Å². The maximum atomic E-state index is 12.6. The Morgan fingerprint density at radius 2 is 1.97 bits per heavy atom. The molecule has 0 unspecified atom stereocenters. The van der Waals surface area contributed by atoms with Crippen molar-refractivity contribution in [1.82, 2.24) is 5.32 Å². The first-order chi connectivity index (χ1) is 13.8. The SMILES string of the molecule is CCS(=O)(=O)N1C[C@H](C(=O)NCCOc2ccc(C)c(C)c2)Oc2ccccc21. The molecule has 2 aromatic carbocycles. The minimum absolute atomic E-state index is 0.0561. The van der Waals surface area contributed by atoms with Gasteiger partial charge in [0, 0.05) is 0 Å². The van der Waals surface area contributed by atoms with Gasteiger partial charge in [-0.25, -0.2) is 8.42 Å². The summed E-state index contributed by atoms with van der Waals surface area (Å²) < 4.78 is 37.6. The number of carbonyl (C=O) groups excluding carboxylic acids is 1. The molecule has 1 aliphatic rings. The number of sulfonamides is 1. The zero-order valence-electron chi connectivity index (χ0n) is 16.8. The summed E-state index contributed by atoms with van der Waals surface area (Å²) in [6, 6.07) is 12.6. The van der Waals surface area contributed by atoms with Crippen LogP contribution in [0.4, 0.5) is 5.69 Å². The average Bonchev–Trinajstić information content (AvgIpc) is 2.72. The molecule has 2 aromatic rings. The number of nitrogens with one attached hydrogen (secondary N) is 1. The van der Waals surface area contributed by atoms with Crippen molar-refractivity contribution in [2.24, 2.45) is 0 Å². The number of ether oxygens (including phenoxy) is 2. The Morgan fingerprint density at radius 3 is 2.69 bits per heavy atom. The molecule has 1 amide bonds. The first-order valence-electron chi connectivity index (χ1n) is 9.55. The van der Waals surface area contributed by atoms with Crippen LogP contribution in [-0.2, 0) is 14.8 Å². The molecule has 0 spiro atoms. The third kappa shape index (κ3) is 4.82. The average molecular weight is 419 g/mol. The Balaban J connectivity index is 1.60. The Hall–Kier alpha value is -2.74. The molecular weight excluding hydrogens is 392 g/mol. The molecule has 0 aliphatic carbocycles. The summed E-state index contributed by atoms with van der Waals surface area (Å²) in [5.41, 5.74) is 2.78. The van der Waals surface area contributed by atoms with Crippen molar-refractivity contribution in [3.63, 3.8) is 0 Å². The van der Waals surface area contributed by atoms with Gasteiger partial charge in [-0.3, -0.25) is 9.10 Å². The molecule has 7 nitrogen and oxygen atoms in total. The zero-order valence-corrected chi connectivity index (χ0v) is 17.7. The molecule has 0 radical (unpaired) electrons. The van der Waals surface area contributed by atoms with E-state index in [0.717, 1.165) is 11.3 Å². The molecule has 1 atom stereocenters. The summed E-state index contributed by atoms with van der Waals surface area (Å²) in [7, 11) is -3.52. The molecule has 3 rings (SSSR count). The number of para-hydroxylation sites is 2. The molecule has 0 fully saturated rings. The fraction of sp³-hybridized carbons (Fsp3) is 0.381. The van der Waals surface area contributed by atoms with Gasteiger partial charge in [-0.1, -0.05) is 18.2 Å². The fourth-order valence-corrected chi connectivity index (χ4v) is 4.14. The van der Waals surface area contributed by atoms with E-state index in [1.807, 2.05) is 32.0 Å². The molecule has 0 aromatic heterocycles. The lowest BCUT2D eigenvalue weighted by Gasteiger charge is -2.34. The van der Waals surface area contributed by atoms with Crippen LogP contribution in [0.3, 0.4) is 0 Å². The molecular formula is C21H26N2O5S. The highest BCUT2D eigenvalue weighted by molar-refractivity contribution is 7.92. The van der Waals surface area contributed by atoms with E-state index in [-0.39, 0.29) is 24.7 Å². The quantitative estimate of drug-likeness (QED) is 0.698. The molecule has 29 heavy (non-hydrogen) atoms. The van der Waals surface area contributed by atoms with Crippen LogP contribution in [0, 0.1) is 13.8 Å². The van der Waals surface area contributed by atoms with Crippen molar-refractivity contribution in [2.45, 2.75) is 26.9 Å². The van der Waals surface area contributed by atoms with E-state index in [1.54, 1.807) is 31.2 Å². The number of benzene rings is 2. The van der Waals surface area contributed by atoms with Gasteiger partial charge >= 0.3 is 0 Å². The van der Waals surface area contributed by atoms with E-state index in [4.69, 9.17) is 9.47 Å². The predicted molar refractivity (Wildman–Crippen MR) is 112 cm³/mol. The number of anilines is 1. The lowest BCUT2D eigenvalue weighted by atomic mass is 10.1. The number of rotatable bonds is 7. The standard InChI is InChI=1S/C21H26N2O5S/c1-4-29(25,26)23-14-20(28-19-8-6-5-7-18(19)23)21(24)22-11-12-27-17-10-9-15(2)16(3)13-17/h5-10,13,20H,4,11-12,14H2,1-3H3,(H,22,24)/t20-/m1/s1. The van der Waals surface area contributed by atoms with E-state index in [0.29, 0.717) is 18.0 Å². The third-order valence-corrected chi connectivity index (χ3v) is 6.62. The summed E-state index contributed by atoms with van der Waals surface area (Å²) in [6.45, 7) is 6.15. The summed E-state index contributed by atoms with van der Waals surface area (Å²) in [4.78, 5) is 12.6. The van der Waals surface area contributed by atoms with Crippen LogP contribution in [0.15, 0.2) is 42.5 Å². The largest absolute Gasteiger partial charge is 0.492 e. The topological polar surface area (TPSA) is 84.9 Å². The van der Waals surface area contributed by atoms with Gasteiger partial charge in [0.2, 0.25) is 10.0 Å². The number of hydrogen-bond donors (Lipinski definition) is 1. The van der Waals surface area contributed by atoms with Gasteiger partial charge in [0.1, 0.15) is 18.1 Å². The second kappa shape index (κ2) is 8.73. The molecule has 0 saturated carbocycles. The first kappa shape index (κ1) is 21.0. The van der Waals surface area contributed by atoms with Crippen LogP contribution in [0.5, 0.6) is 11.5 Å². The number of aryl methyl sites for hydroxylation is 2. The van der Waals surface area contributed by atoms with Crippen molar-refractivity contribution < 1.29 is 22.7 Å². The van der Waals surface area contributed by atoms with E-state index < -0.39 is 16.1 Å². The highest BCUT2D eigenvalue weighted by Gasteiger charge is 2.35. The van der Waals surface area contributed by atoms with Gasteiger partial charge in [0.25, 0.3) is 5.91 Å².